The van der Waals surface area contributed by atoms with Gasteiger partial charge in [0.2, 0.25) is 0 Å². The number of nitrogens with two attached hydrogens (primary N) is 1. The largest absolute Gasteiger partial charge is 0.330 e. The third kappa shape index (κ3) is 2.08. The molecule has 0 aliphatic carbocycles. The van der Waals surface area contributed by atoms with Crippen LogP contribution in [0.1, 0.15) is 18.4 Å². The predicted molar refractivity (Wildman–Crippen MR) is 81.4 cm³/mol. The van der Waals surface area contributed by atoms with Crippen LogP contribution in [0.15, 0.2) is 42.7 Å². The number of nitrogens with zero attached hydrogens (tertiary/aromatic N) is 3. The van der Waals surface area contributed by atoms with Gasteiger partial charge >= 0.3 is 0 Å². The van der Waals surface area contributed by atoms with Gasteiger partial charge in [-0.1, -0.05) is 13.0 Å². The monoisotopic (exact) mass is 266 g/mol. The summed E-state index contributed by atoms with van der Waals surface area (Å²) in [6, 6.07) is 10.3. The van der Waals surface area contributed by atoms with E-state index in [1.807, 2.05) is 25.4 Å². The summed E-state index contributed by atoms with van der Waals surface area (Å²) in [5, 5.41) is 0. The molecule has 0 amide bonds. The molecule has 3 rings (SSSR count). The smallest absolute Gasteiger partial charge is 0.142 e. The van der Waals surface area contributed by atoms with Gasteiger partial charge in [0.1, 0.15) is 5.82 Å². The number of rotatable bonds is 3. The van der Waals surface area contributed by atoms with Crippen LogP contribution in [-0.4, -0.2) is 21.1 Å². The van der Waals surface area contributed by atoms with Crippen LogP contribution in [0.5, 0.6) is 0 Å². The highest BCUT2D eigenvalue weighted by atomic mass is 15.1. The lowest BCUT2D eigenvalue weighted by Crippen LogP contribution is -2.08. The second kappa shape index (κ2) is 5.06. The Bertz CT molecular complexity index is 731. The van der Waals surface area contributed by atoms with Gasteiger partial charge in [0.05, 0.1) is 11.0 Å². The molecule has 4 nitrogen and oxygen atoms in total. The molecule has 3 aromatic rings. The minimum absolute atomic E-state index is 0.358. The molecule has 2 N–H and O–H groups in total. The zero-order valence-electron chi connectivity index (χ0n) is 11.7. The zero-order valence-corrected chi connectivity index (χ0v) is 11.7. The molecular weight excluding hydrogens is 248 g/mol. The summed E-state index contributed by atoms with van der Waals surface area (Å²) in [5.41, 5.74) is 10.2. The van der Waals surface area contributed by atoms with Crippen molar-refractivity contribution in [1.82, 2.24) is 14.5 Å². The van der Waals surface area contributed by atoms with Crippen LogP contribution in [0.4, 0.5) is 0 Å². The van der Waals surface area contributed by atoms with Gasteiger partial charge in [0.25, 0.3) is 0 Å². The van der Waals surface area contributed by atoms with Gasteiger partial charge in [-0.3, -0.25) is 4.98 Å². The van der Waals surface area contributed by atoms with Crippen molar-refractivity contribution in [1.29, 1.82) is 0 Å². The molecule has 0 aliphatic heterocycles. The van der Waals surface area contributed by atoms with E-state index in [1.165, 1.54) is 5.56 Å². The minimum Gasteiger partial charge on any atom is -0.330 e. The van der Waals surface area contributed by atoms with E-state index in [0.717, 1.165) is 22.4 Å². The van der Waals surface area contributed by atoms with E-state index < -0.39 is 0 Å². The number of pyridine rings is 1. The third-order valence-corrected chi connectivity index (χ3v) is 3.75. The van der Waals surface area contributed by atoms with Crippen LogP contribution in [0.3, 0.4) is 0 Å². The van der Waals surface area contributed by atoms with Gasteiger partial charge in [0.15, 0.2) is 0 Å². The SMILES string of the molecule is CC(CN)c1ccc2nc(-c3cccnc3)n(C)c2c1. The van der Waals surface area contributed by atoms with Gasteiger partial charge < -0.3 is 10.3 Å². The highest BCUT2D eigenvalue weighted by Crippen LogP contribution is 2.25. The Kier molecular flexibility index (Phi) is 3.24. The summed E-state index contributed by atoms with van der Waals surface area (Å²) in [5.74, 6) is 1.29. The van der Waals surface area contributed by atoms with Gasteiger partial charge in [-0.05, 0) is 42.3 Å². The molecule has 0 spiro atoms. The number of aromatic nitrogens is 3. The van der Waals surface area contributed by atoms with Crippen molar-refractivity contribution in [2.24, 2.45) is 12.8 Å². The van der Waals surface area contributed by atoms with Crippen molar-refractivity contribution in [3.8, 4) is 11.4 Å². The highest BCUT2D eigenvalue weighted by molar-refractivity contribution is 5.81. The molecule has 0 aliphatic rings. The number of hydrogen-bond donors (Lipinski definition) is 1. The molecule has 2 heterocycles. The normalized spacial score (nSPS) is 12.8. The fraction of sp³-hybridized carbons (Fsp3) is 0.250. The number of aryl methyl sites for hydroxylation is 1. The fourth-order valence-corrected chi connectivity index (χ4v) is 2.40. The third-order valence-electron chi connectivity index (χ3n) is 3.75. The zero-order chi connectivity index (χ0) is 14.1. The van der Waals surface area contributed by atoms with Crippen molar-refractivity contribution < 1.29 is 0 Å². The molecule has 102 valence electrons. The van der Waals surface area contributed by atoms with Crippen LogP contribution in [0.25, 0.3) is 22.4 Å². The van der Waals surface area contributed by atoms with Crippen molar-refractivity contribution in [2.75, 3.05) is 6.54 Å². The summed E-state index contributed by atoms with van der Waals surface area (Å²) in [6.45, 7) is 2.79. The molecule has 2 aromatic heterocycles. The fourth-order valence-electron chi connectivity index (χ4n) is 2.40. The van der Waals surface area contributed by atoms with Crippen LogP contribution in [0.2, 0.25) is 0 Å². The van der Waals surface area contributed by atoms with Crippen LogP contribution in [-0.2, 0) is 7.05 Å². The predicted octanol–water partition coefficient (Wildman–Crippen LogP) is 2.70. The highest BCUT2D eigenvalue weighted by Gasteiger charge is 2.12. The lowest BCUT2D eigenvalue weighted by atomic mass is 10.0. The van der Waals surface area contributed by atoms with Crippen LogP contribution < -0.4 is 5.73 Å². The van der Waals surface area contributed by atoms with Crippen molar-refractivity contribution >= 4 is 11.0 Å². The lowest BCUT2D eigenvalue weighted by Gasteiger charge is -2.09. The quantitative estimate of drug-likeness (QED) is 0.793. The van der Waals surface area contributed by atoms with Crippen molar-refractivity contribution in [2.45, 2.75) is 12.8 Å². The Labute approximate surface area is 118 Å². The van der Waals surface area contributed by atoms with Gasteiger partial charge in [-0.2, -0.15) is 0 Å². The van der Waals surface area contributed by atoms with E-state index in [-0.39, 0.29) is 0 Å². The molecule has 1 aromatic carbocycles. The van der Waals surface area contributed by atoms with E-state index in [1.54, 1.807) is 6.20 Å². The molecule has 0 radical (unpaired) electrons. The Balaban J connectivity index is 2.16. The molecule has 0 fully saturated rings. The first kappa shape index (κ1) is 12.8. The average molecular weight is 266 g/mol. The molecule has 20 heavy (non-hydrogen) atoms. The molecule has 0 saturated carbocycles. The molecule has 0 saturated heterocycles. The molecule has 1 unspecified atom stereocenters. The van der Waals surface area contributed by atoms with Gasteiger partial charge in [0, 0.05) is 25.0 Å². The van der Waals surface area contributed by atoms with E-state index in [9.17, 15) is 0 Å². The summed E-state index contributed by atoms with van der Waals surface area (Å²) in [6.07, 6.45) is 3.61. The standard InChI is InChI=1S/C16H18N4/c1-11(9-17)12-5-6-14-15(8-12)20(2)16(19-14)13-4-3-7-18-10-13/h3-8,10-11H,9,17H2,1-2H3. The summed E-state index contributed by atoms with van der Waals surface area (Å²) >= 11 is 0. The molecule has 1 atom stereocenters. The van der Waals surface area contributed by atoms with E-state index in [2.05, 4.69) is 34.7 Å². The number of imidazole rings is 1. The second-order valence-corrected chi connectivity index (χ2v) is 5.12. The number of fused-ring (bicyclic) bond motifs is 1. The topological polar surface area (TPSA) is 56.7 Å². The minimum atomic E-state index is 0.358. The summed E-state index contributed by atoms with van der Waals surface area (Å²) in [4.78, 5) is 8.86. The first-order valence-electron chi connectivity index (χ1n) is 6.77. The van der Waals surface area contributed by atoms with Crippen LogP contribution >= 0.6 is 0 Å². The molecular formula is C16H18N4. The first-order chi connectivity index (χ1) is 9.70. The van der Waals surface area contributed by atoms with Gasteiger partial charge in [-0.15, -0.1) is 0 Å². The maximum absolute atomic E-state index is 5.75. The second-order valence-electron chi connectivity index (χ2n) is 5.12. The van der Waals surface area contributed by atoms with E-state index in [0.29, 0.717) is 12.5 Å². The van der Waals surface area contributed by atoms with Gasteiger partial charge in [-0.25, -0.2) is 4.98 Å². The summed E-state index contributed by atoms with van der Waals surface area (Å²) in [7, 11) is 2.04. The van der Waals surface area contributed by atoms with Crippen molar-refractivity contribution in [3.05, 3.63) is 48.3 Å². The van der Waals surface area contributed by atoms with Crippen molar-refractivity contribution in [3.63, 3.8) is 0 Å². The van der Waals surface area contributed by atoms with E-state index in [4.69, 9.17) is 10.7 Å². The Morgan fingerprint density at radius 3 is 2.85 bits per heavy atom. The first-order valence-corrected chi connectivity index (χ1v) is 6.77. The number of hydrogen-bond acceptors (Lipinski definition) is 3. The Morgan fingerprint density at radius 1 is 1.30 bits per heavy atom. The Hall–Kier alpha value is -2.20. The molecule has 4 heteroatoms. The van der Waals surface area contributed by atoms with Crippen LogP contribution in [0, 0.1) is 0 Å². The maximum atomic E-state index is 5.75. The Morgan fingerprint density at radius 2 is 2.15 bits per heavy atom. The average Bonchev–Trinajstić information content (AvgIpc) is 2.84. The maximum Gasteiger partial charge on any atom is 0.142 e. The lowest BCUT2D eigenvalue weighted by molar-refractivity contribution is 0.774. The molecule has 0 bridgehead atoms. The van der Waals surface area contributed by atoms with E-state index >= 15 is 0 Å². The summed E-state index contributed by atoms with van der Waals surface area (Å²) < 4.78 is 2.11. The number of benzene rings is 1.